The van der Waals surface area contributed by atoms with Crippen LogP contribution in [0.2, 0.25) is 0 Å². The minimum Gasteiger partial charge on any atom is -0.494 e. The van der Waals surface area contributed by atoms with Gasteiger partial charge in [0.2, 0.25) is 5.91 Å². The number of fused-ring (bicyclic) bond motifs is 2. The lowest BCUT2D eigenvalue weighted by Gasteiger charge is -2.25. The molecule has 0 saturated carbocycles. The first kappa shape index (κ1) is 33.3. The van der Waals surface area contributed by atoms with Gasteiger partial charge >= 0.3 is 12.4 Å². The third-order valence-corrected chi connectivity index (χ3v) is 7.64. The Labute approximate surface area is 262 Å². The van der Waals surface area contributed by atoms with Gasteiger partial charge in [-0.1, -0.05) is 0 Å². The molecule has 1 aliphatic rings. The molecule has 2 N–H and O–H groups in total. The molecule has 0 aliphatic carbocycles. The largest absolute Gasteiger partial charge is 0.494 e. The average molecular weight is 666 g/mol. The van der Waals surface area contributed by atoms with Gasteiger partial charge in [0.05, 0.1) is 18.5 Å². The van der Waals surface area contributed by atoms with E-state index >= 15 is 0 Å². The summed E-state index contributed by atoms with van der Waals surface area (Å²) in [6.45, 7) is -0.302. The Hall–Kier alpha value is -5.02. The zero-order valence-electron chi connectivity index (χ0n) is 24.9. The number of hydrogen-bond acceptors (Lipinski definition) is 7. The number of halogens is 7. The molecule has 16 heteroatoms. The average Bonchev–Trinajstić information content (AvgIpc) is 3.35. The zero-order chi connectivity index (χ0) is 34.3. The maximum atomic E-state index is 14.7. The van der Waals surface area contributed by atoms with Crippen LogP contribution in [0.4, 0.5) is 30.7 Å². The molecule has 248 valence electrons. The highest BCUT2D eigenvalue weighted by Gasteiger charge is 2.48. The van der Waals surface area contributed by atoms with Gasteiger partial charge in [-0.25, -0.2) is 9.37 Å². The lowest BCUT2D eigenvalue weighted by atomic mass is 9.82. The predicted molar refractivity (Wildman–Crippen MR) is 153 cm³/mol. The molecule has 0 saturated heterocycles. The molecule has 9 nitrogen and oxygen atoms in total. The van der Waals surface area contributed by atoms with E-state index in [9.17, 15) is 40.3 Å². The van der Waals surface area contributed by atoms with E-state index in [2.05, 4.69) is 20.5 Å². The van der Waals surface area contributed by atoms with Crippen LogP contribution < -0.4 is 20.1 Å². The molecular weight excluding hydrogens is 639 g/mol. The topological polar surface area (TPSA) is 115 Å². The lowest BCUT2D eigenvalue weighted by Crippen LogP contribution is -2.46. The quantitative estimate of drug-likeness (QED) is 0.237. The summed E-state index contributed by atoms with van der Waals surface area (Å²) in [5.74, 6) is -5.10. The zero-order valence-corrected chi connectivity index (χ0v) is 24.9. The number of hydrogen-bond donors (Lipinski definition) is 2. The van der Waals surface area contributed by atoms with E-state index in [1.54, 1.807) is 18.3 Å². The number of benzene rings is 2. The van der Waals surface area contributed by atoms with Crippen molar-refractivity contribution in [2.45, 2.75) is 37.5 Å². The maximum Gasteiger partial charge on any atom is 0.405 e. The molecule has 0 bridgehead atoms. The van der Waals surface area contributed by atoms with Crippen molar-refractivity contribution in [3.05, 3.63) is 76.9 Å². The highest BCUT2D eigenvalue weighted by molar-refractivity contribution is 6.00. The van der Waals surface area contributed by atoms with Crippen LogP contribution in [0.1, 0.15) is 40.2 Å². The van der Waals surface area contributed by atoms with Crippen molar-refractivity contribution in [2.75, 3.05) is 26.8 Å². The fourth-order valence-corrected chi connectivity index (χ4v) is 5.15. The van der Waals surface area contributed by atoms with E-state index in [0.29, 0.717) is 16.6 Å². The van der Waals surface area contributed by atoms with Crippen molar-refractivity contribution in [1.29, 1.82) is 0 Å². The summed E-state index contributed by atoms with van der Waals surface area (Å²) >= 11 is 0. The van der Waals surface area contributed by atoms with E-state index in [0.717, 1.165) is 18.2 Å². The van der Waals surface area contributed by atoms with E-state index in [4.69, 9.17) is 9.47 Å². The molecule has 5 rings (SSSR count). The number of carbonyl (C=O) groups is 2. The Kier molecular flexibility index (Phi) is 8.73. The normalized spacial score (nSPS) is 16.7. The summed E-state index contributed by atoms with van der Waals surface area (Å²) in [6, 6.07) is 9.80. The number of nitrogens with one attached hydrogen (secondary N) is 2. The standard InChI is InChI=1S/C31H26F7N5O4/c1-15-8-17-9-18(10-23(46-3)24(17)43-42-15)27(44)39-12-21(31(36,37)38)22-11-20-26(25(41-22)16-4-6-19(32)7-5-16)47-14-29(20,2)28(45)40-13-30(33,34)35/h4-11,21H,12-14H2,1-3H3,(H,39,44)(H,40,45)/t21-,29+/m1/s1. The molecular formula is C31H26F7N5O4. The van der Waals surface area contributed by atoms with Gasteiger partial charge in [0.1, 0.15) is 53.0 Å². The molecule has 47 heavy (non-hydrogen) atoms. The number of amides is 2. The molecule has 2 atom stereocenters. The van der Waals surface area contributed by atoms with Crippen LogP contribution in [-0.4, -0.2) is 66.2 Å². The van der Waals surface area contributed by atoms with Crippen molar-refractivity contribution in [1.82, 2.24) is 25.8 Å². The van der Waals surface area contributed by atoms with Crippen LogP contribution in [0, 0.1) is 12.7 Å². The van der Waals surface area contributed by atoms with Crippen LogP contribution in [0.25, 0.3) is 22.2 Å². The van der Waals surface area contributed by atoms with Gasteiger partial charge in [0.25, 0.3) is 5.91 Å². The minimum absolute atomic E-state index is 0.0288. The first-order chi connectivity index (χ1) is 22.0. The van der Waals surface area contributed by atoms with Gasteiger partial charge in [-0.2, -0.15) is 31.4 Å². The van der Waals surface area contributed by atoms with Crippen molar-refractivity contribution >= 4 is 22.7 Å². The smallest absolute Gasteiger partial charge is 0.405 e. The van der Waals surface area contributed by atoms with Gasteiger partial charge in [0, 0.05) is 28.6 Å². The number of pyridine rings is 1. The van der Waals surface area contributed by atoms with Crippen molar-refractivity contribution in [2.24, 2.45) is 0 Å². The number of alkyl halides is 6. The number of nitrogens with zero attached hydrogens (tertiary/aromatic N) is 3. The van der Waals surface area contributed by atoms with Crippen molar-refractivity contribution < 1.29 is 49.8 Å². The highest BCUT2D eigenvalue weighted by atomic mass is 19.4. The second-order valence-electron chi connectivity index (χ2n) is 11.1. The Morgan fingerprint density at radius 3 is 2.36 bits per heavy atom. The number of ether oxygens (including phenoxy) is 2. The second kappa shape index (κ2) is 12.3. The number of rotatable bonds is 8. The third-order valence-electron chi connectivity index (χ3n) is 7.64. The van der Waals surface area contributed by atoms with Gasteiger partial charge in [-0.15, -0.1) is 5.10 Å². The van der Waals surface area contributed by atoms with E-state index < -0.39 is 66.7 Å². The molecule has 0 unspecified atom stereocenters. The molecule has 2 aromatic carbocycles. The predicted octanol–water partition coefficient (Wildman–Crippen LogP) is 5.55. The van der Waals surface area contributed by atoms with Crippen molar-refractivity contribution in [3.8, 4) is 22.8 Å². The molecule has 0 spiro atoms. The van der Waals surface area contributed by atoms with Crippen LogP contribution >= 0.6 is 0 Å². The maximum absolute atomic E-state index is 14.7. The summed E-state index contributed by atoms with van der Waals surface area (Å²) in [7, 11) is 1.33. The summed E-state index contributed by atoms with van der Waals surface area (Å²) < 4.78 is 107. The number of aromatic nitrogens is 3. The Morgan fingerprint density at radius 1 is 1.02 bits per heavy atom. The Morgan fingerprint density at radius 2 is 1.72 bits per heavy atom. The third kappa shape index (κ3) is 6.90. The Balaban J connectivity index is 1.54. The number of carbonyl (C=O) groups excluding carboxylic acids is 2. The number of aryl methyl sites for hydroxylation is 1. The van der Waals surface area contributed by atoms with Crippen LogP contribution in [-0.2, 0) is 10.2 Å². The van der Waals surface area contributed by atoms with Crippen LogP contribution in [0.5, 0.6) is 11.5 Å². The molecule has 2 amide bonds. The highest BCUT2D eigenvalue weighted by Crippen LogP contribution is 2.47. The molecule has 2 aromatic heterocycles. The monoisotopic (exact) mass is 665 g/mol. The number of methoxy groups -OCH3 is 1. The fourth-order valence-electron chi connectivity index (χ4n) is 5.15. The van der Waals surface area contributed by atoms with Crippen molar-refractivity contribution in [3.63, 3.8) is 0 Å². The van der Waals surface area contributed by atoms with E-state index in [-0.39, 0.29) is 33.9 Å². The summed E-state index contributed by atoms with van der Waals surface area (Å²) in [4.78, 5) is 30.4. The first-order valence-electron chi connectivity index (χ1n) is 14.0. The van der Waals surface area contributed by atoms with Gasteiger partial charge in [0.15, 0.2) is 0 Å². The molecule has 4 aromatic rings. The van der Waals surface area contributed by atoms with Crippen LogP contribution in [0.3, 0.4) is 0 Å². The van der Waals surface area contributed by atoms with E-state index in [1.807, 2.05) is 0 Å². The molecule has 0 fully saturated rings. The molecule has 1 aliphatic heterocycles. The second-order valence-corrected chi connectivity index (χ2v) is 11.1. The van der Waals surface area contributed by atoms with Gasteiger partial charge in [-0.05, 0) is 62.4 Å². The summed E-state index contributed by atoms with van der Waals surface area (Å²) in [5.41, 5.74) is -1.90. The van der Waals surface area contributed by atoms with Crippen LogP contribution in [0.15, 0.2) is 48.5 Å². The lowest BCUT2D eigenvalue weighted by molar-refractivity contribution is -0.149. The van der Waals surface area contributed by atoms with Gasteiger partial charge in [-0.3, -0.25) is 9.59 Å². The summed E-state index contributed by atoms with van der Waals surface area (Å²) in [5, 5.41) is 12.5. The van der Waals surface area contributed by atoms with Gasteiger partial charge < -0.3 is 20.1 Å². The summed E-state index contributed by atoms with van der Waals surface area (Å²) in [6.07, 6.45) is -9.76. The fraction of sp³-hybridized carbons (Fsp3) is 0.323. The first-order valence-corrected chi connectivity index (χ1v) is 14.0. The Bertz CT molecular complexity index is 1850. The molecule has 3 heterocycles. The minimum atomic E-state index is -5.00. The SMILES string of the molecule is COc1cc(C(=O)NC[C@H](c2cc3c(c(-c4ccc(F)cc4)n2)OC[C@]3(C)C(=O)NCC(F)(F)F)C(F)(F)F)cc2cc(C)nnc12. The molecule has 0 radical (unpaired) electrons. The van der Waals surface area contributed by atoms with E-state index in [1.165, 1.54) is 38.3 Å².